The van der Waals surface area contributed by atoms with Crippen LogP contribution in [0, 0.1) is 0 Å². The Morgan fingerprint density at radius 2 is 1.30 bits per heavy atom. The zero-order valence-corrected chi connectivity index (χ0v) is 13.5. The van der Waals surface area contributed by atoms with Gasteiger partial charge in [-0.3, -0.25) is 4.79 Å². The average Bonchev–Trinajstić information content (AvgIpc) is 2.37. The van der Waals surface area contributed by atoms with Crippen molar-refractivity contribution in [2.75, 3.05) is 0 Å². The van der Waals surface area contributed by atoms with E-state index in [2.05, 4.69) is 6.92 Å². The van der Waals surface area contributed by atoms with E-state index in [0.29, 0.717) is 0 Å². The van der Waals surface area contributed by atoms with Crippen LogP contribution in [-0.2, 0) is 4.79 Å². The fourth-order valence-electron chi connectivity index (χ4n) is 2.55. The third-order valence-electron chi connectivity index (χ3n) is 3.92. The molecule has 0 heterocycles. The van der Waals surface area contributed by atoms with Crippen molar-refractivity contribution in [2.24, 2.45) is 0 Å². The van der Waals surface area contributed by atoms with E-state index in [4.69, 9.17) is 5.11 Å². The molecule has 0 aliphatic rings. The van der Waals surface area contributed by atoms with Crippen LogP contribution in [0.5, 0.6) is 0 Å². The maximum Gasteiger partial charge on any atom is 0.303 e. The highest BCUT2D eigenvalue weighted by molar-refractivity contribution is 5.66. The number of aliphatic hydroxyl groups is 1. The third-order valence-corrected chi connectivity index (χ3v) is 3.92. The molecule has 0 aromatic heterocycles. The number of carboxylic acid groups (broad SMARTS) is 1. The van der Waals surface area contributed by atoms with Gasteiger partial charge in [-0.25, -0.2) is 0 Å². The second-order valence-electron chi connectivity index (χ2n) is 6.32. The van der Waals surface area contributed by atoms with Crippen molar-refractivity contribution >= 4 is 5.97 Å². The quantitative estimate of drug-likeness (QED) is 0.446. The van der Waals surface area contributed by atoms with Crippen LogP contribution >= 0.6 is 0 Å². The van der Waals surface area contributed by atoms with Crippen molar-refractivity contribution in [2.45, 2.75) is 103 Å². The van der Waals surface area contributed by atoms with E-state index < -0.39 is 11.6 Å². The summed E-state index contributed by atoms with van der Waals surface area (Å²) < 4.78 is 0. The number of unbranched alkanes of at least 4 members (excludes halogenated alkanes) is 8. The molecule has 0 aliphatic heterocycles. The van der Waals surface area contributed by atoms with Crippen LogP contribution in [0.3, 0.4) is 0 Å². The van der Waals surface area contributed by atoms with Crippen molar-refractivity contribution < 1.29 is 15.0 Å². The molecule has 0 aromatic rings. The van der Waals surface area contributed by atoms with Gasteiger partial charge in [0, 0.05) is 6.42 Å². The van der Waals surface area contributed by atoms with Crippen molar-refractivity contribution in [1.29, 1.82) is 0 Å². The van der Waals surface area contributed by atoms with Crippen LogP contribution in [0.4, 0.5) is 0 Å². The Morgan fingerprint density at radius 1 is 0.850 bits per heavy atom. The van der Waals surface area contributed by atoms with Crippen LogP contribution in [0.25, 0.3) is 0 Å². The van der Waals surface area contributed by atoms with Crippen LogP contribution < -0.4 is 0 Å². The zero-order valence-electron chi connectivity index (χ0n) is 13.5. The van der Waals surface area contributed by atoms with Gasteiger partial charge < -0.3 is 10.2 Å². The standard InChI is InChI=1S/C17H34O3/c1-3-4-5-8-11-14-17(2,20)15-12-9-6-7-10-13-16(18)19/h20H,3-15H2,1-2H3,(H,18,19). The summed E-state index contributed by atoms with van der Waals surface area (Å²) in [6, 6.07) is 0. The molecular weight excluding hydrogens is 252 g/mol. The summed E-state index contributed by atoms with van der Waals surface area (Å²) in [4.78, 5) is 10.4. The monoisotopic (exact) mass is 286 g/mol. The average molecular weight is 286 g/mol. The number of carbonyl (C=O) groups is 1. The van der Waals surface area contributed by atoms with Gasteiger partial charge in [0.05, 0.1) is 5.60 Å². The first-order chi connectivity index (χ1) is 9.48. The Hall–Kier alpha value is -0.570. The summed E-state index contributed by atoms with van der Waals surface area (Å²) in [5.74, 6) is -0.698. The normalized spacial score (nSPS) is 14.2. The number of aliphatic carboxylic acids is 1. The van der Waals surface area contributed by atoms with Gasteiger partial charge in [-0.1, -0.05) is 64.7 Å². The second-order valence-corrected chi connectivity index (χ2v) is 6.32. The molecule has 0 aromatic carbocycles. The van der Waals surface area contributed by atoms with Crippen LogP contribution in [0.1, 0.15) is 97.3 Å². The van der Waals surface area contributed by atoms with E-state index in [-0.39, 0.29) is 6.42 Å². The first-order valence-electron chi connectivity index (χ1n) is 8.42. The third kappa shape index (κ3) is 13.9. The van der Waals surface area contributed by atoms with E-state index in [1.54, 1.807) is 0 Å². The Bertz CT molecular complexity index is 236. The number of rotatable bonds is 14. The summed E-state index contributed by atoms with van der Waals surface area (Å²) in [5.41, 5.74) is -0.507. The topological polar surface area (TPSA) is 57.5 Å². The molecule has 3 nitrogen and oxygen atoms in total. The number of hydrogen-bond donors (Lipinski definition) is 2. The van der Waals surface area contributed by atoms with E-state index >= 15 is 0 Å². The molecule has 0 aliphatic carbocycles. The van der Waals surface area contributed by atoms with Crippen molar-refractivity contribution in [3.63, 3.8) is 0 Å². The van der Waals surface area contributed by atoms with Crippen LogP contribution in [0.15, 0.2) is 0 Å². The molecule has 0 amide bonds. The molecule has 1 unspecified atom stereocenters. The smallest absolute Gasteiger partial charge is 0.303 e. The maximum absolute atomic E-state index is 10.4. The zero-order chi connectivity index (χ0) is 15.3. The molecule has 0 spiro atoms. The summed E-state index contributed by atoms with van der Waals surface area (Å²) in [5, 5.41) is 18.8. The van der Waals surface area contributed by atoms with Gasteiger partial charge in [-0.15, -0.1) is 0 Å². The van der Waals surface area contributed by atoms with Crippen molar-refractivity contribution in [3.05, 3.63) is 0 Å². The molecule has 0 saturated carbocycles. The predicted octanol–water partition coefficient (Wildman–Crippen LogP) is 4.91. The van der Waals surface area contributed by atoms with Gasteiger partial charge in [0.25, 0.3) is 0 Å². The predicted molar refractivity (Wildman–Crippen MR) is 84.0 cm³/mol. The van der Waals surface area contributed by atoms with Gasteiger partial charge in [0.1, 0.15) is 0 Å². The van der Waals surface area contributed by atoms with Crippen LogP contribution in [-0.4, -0.2) is 21.8 Å². The number of carboxylic acids is 1. The first kappa shape index (κ1) is 19.4. The fraction of sp³-hybridized carbons (Fsp3) is 0.941. The van der Waals surface area contributed by atoms with E-state index in [9.17, 15) is 9.90 Å². The highest BCUT2D eigenvalue weighted by Crippen LogP contribution is 2.22. The SMILES string of the molecule is CCCCCCCC(C)(O)CCCCCCCC(=O)O. The lowest BCUT2D eigenvalue weighted by Gasteiger charge is -2.23. The lowest BCUT2D eigenvalue weighted by molar-refractivity contribution is -0.137. The van der Waals surface area contributed by atoms with Crippen molar-refractivity contribution in [1.82, 2.24) is 0 Å². The minimum Gasteiger partial charge on any atom is -0.481 e. The second kappa shape index (κ2) is 12.2. The largest absolute Gasteiger partial charge is 0.481 e. The molecule has 0 bridgehead atoms. The highest BCUT2D eigenvalue weighted by Gasteiger charge is 2.18. The van der Waals surface area contributed by atoms with E-state index in [0.717, 1.165) is 51.4 Å². The molecule has 3 heteroatoms. The van der Waals surface area contributed by atoms with Crippen LogP contribution in [0.2, 0.25) is 0 Å². The van der Waals surface area contributed by atoms with E-state index in [1.165, 1.54) is 25.7 Å². The number of hydrogen-bond acceptors (Lipinski definition) is 2. The van der Waals surface area contributed by atoms with Crippen molar-refractivity contribution in [3.8, 4) is 0 Å². The van der Waals surface area contributed by atoms with Gasteiger partial charge in [-0.05, 0) is 26.2 Å². The molecule has 0 fully saturated rings. The Kier molecular flexibility index (Phi) is 11.8. The Labute approximate surface area is 124 Å². The minimum atomic E-state index is -0.698. The molecule has 1 atom stereocenters. The minimum absolute atomic E-state index is 0.287. The van der Waals surface area contributed by atoms with Gasteiger partial charge >= 0.3 is 5.97 Å². The van der Waals surface area contributed by atoms with Gasteiger partial charge in [-0.2, -0.15) is 0 Å². The van der Waals surface area contributed by atoms with Gasteiger partial charge in [0.2, 0.25) is 0 Å². The molecule has 120 valence electrons. The maximum atomic E-state index is 10.4. The summed E-state index contributed by atoms with van der Waals surface area (Å²) in [6.45, 7) is 4.17. The summed E-state index contributed by atoms with van der Waals surface area (Å²) in [7, 11) is 0. The Balaban J connectivity index is 3.40. The summed E-state index contributed by atoms with van der Waals surface area (Å²) >= 11 is 0. The Morgan fingerprint density at radius 3 is 1.80 bits per heavy atom. The lowest BCUT2D eigenvalue weighted by atomic mass is 9.91. The highest BCUT2D eigenvalue weighted by atomic mass is 16.4. The first-order valence-corrected chi connectivity index (χ1v) is 8.42. The summed E-state index contributed by atoms with van der Waals surface area (Å²) in [6.07, 6.45) is 13.3. The fourth-order valence-corrected chi connectivity index (χ4v) is 2.55. The van der Waals surface area contributed by atoms with Gasteiger partial charge in [0.15, 0.2) is 0 Å². The lowest BCUT2D eigenvalue weighted by Crippen LogP contribution is -2.23. The molecular formula is C17H34O3. The molecule has 0 saturated heterocycles. The van der Waals surface area contributed by atoms with E-state index in [1.807, 2.05) is 6.92 Å². The molecule has 0 rings (SSSR count). The molecule has 20 heavy (non-hydrogen) atoms. The molecule has 2 N–H and O–H groups in total. The molecule has 0 radical (unpaired) electrons.